The quantitative estimate of drug-likeness (QED) is 0.0798. The topological polar surface area (TPSA) is 74.7 Å². The number of halogens is 2. The minimum absolute atomic E-state index is 0.0880. The number of carbonyl (C=O) groups is 2. The van der Waals surface area contributed by atoms with E-state index in [0.29, 0.717) is 45.7 Å². The van der Waals surface area contributed by atoms with Crippen molar-refractivity contribution >= 4 is 41.0 Å². The lowest BCUT2D eigenvalue weighted by Crippen LogP contribution is -2.09. The van der Waals surface area contributed by atoms with Crippen molar-refractivity contribution in [3.63, 3.8) is 0 Å². The molecule has 1 heterocycles. The largest absolute Gasteiger partial charge is 0.493 e. The summed E-state index contributed by atoms with van der Waals surface area (Å²) in [5.41, 5.74) is 3.00. The Morgan fingerprint density at radius 3 is 2.38 bits per heavy atom. The Morgan fingerprint density at radius 2 is 1.64 bits per heavy atom. The van der Waals surface area contributed by atoms with E-state index in [0.717, 1.165) is 5.56 Å². The molecule has 1 aromatic heterocycles. The zero-order chi connectivity index (χ0) is 27.6. The Bertz CT molecular complexity index is 1470. The Morgan fingerprint density at radius 1 is 0.872 bits per heavy atom. The van der Waals surface area contributed by atoms with Gasteiger partial charge in [-0.1, -0.05) is 59.1 Å². The van der Waals surface area contributed by atoms with Gasteiger partial charge in [0.15, 0.2) is 5.78 Å². The molecule has 0 spiro atoms. The molecule has 39 heavy (non-hydrogen) atoms. The van der Waals surface area contributed by atoms with Gasteiger partial charge in [0, 0.05) is 29.3 Å². The second-order valence-corrected chi connectivity index (χ2v) is 9.37. The molecule has 0 amide bonds. The molecule has 0 aliphatic rings. The first-order valence-corrected chi connectivity index (χ1v) is 12.9. The number of allylic oxidation sites excluding steroid dienone is 1. The number of hydrogen-bond donors (Lipinski definition) is 0. The van der Waals surface area contributed by atoms with Crippen LogP contribution in [0.15, 0.2) is 91.1 Å². The average Bonchev–Trinajstić information content (AvgIpc) is 2.94. The van der Waals surface area contributed by atoms with Crippen LogP contribution in [-0.2, 0) is 4.74 Å². The number of benzene rings is 3. The van der Waals surface area contributed by atoms with Gasteiger partial charge in [-0.2, -0.15) is 0 Å². The predicted octanol–water partition coefficient (Wildman–Crippen LogP) is 8.01. The third-order valence-corrected chi connectivity index (χ3v) is 6.04. The fraction of sp³-hybridized carbons (Fsp3) is 0.129. The van der Waals surface area contributed by atoms with Gasteiger partial charge in [0.1, 0.15) is 11.5 Å². The molecule has 4 aromatic rings. The third-order valence-electron chi connectivity index (χ3n) is 5.51. The summed E-state index contributed by atoms with van der Waals surface area (Å²) in [4.78, 5) is 28.9. The normalized spacial score (nSPS) is 10.8. The number of hydrogen-bond acceptors (Lipinski definition) is 6. The monoisotopic (exact) mass is 561 g/mol. The molecule has 198 valence electrons. The molecule has 8 heteroatoms. The van der Waals surface area contributed by atoms with Gasteiger partial charge in [-0.05, 0) is 67.1 Å². The Balaban J connectivity index is 1.19. The summed E-state index contributed by atoms with van der Waals surface area (Å²) in [6.45, 7) is 2.53. The second kappa shape index (κ2) is 13.6. The number of carbonyl (C=O) groups excluding carboxylic acids is 2. The van der Waals surface area contributed by atoms with Crippen LogP contribution >= 0.6 is 23.2 Å². The molecule has 0 aliphatic heterocycles. The zero-order valence-electron chi connectivity index (χ0n) is 21.1. The highest BCUT2D eigenvalue weighted by Gasteiger charge is 2.11. The minimum Gasteiger partial charge on any atom is -0.493 e. The summed E-state index contributed by atoms with van der Waals surface area (Å²) in [5, 5.41) is 0.809. The second-order valence-electron chi connectivity index (χ2n) is 8.53. The number of esters is 1. The highest BCUT2D eigenvalue weighted by atomic mass is 35.5. The molecule has 0 bridgehead atoms. The molecule has 0 unspecified atom stereocenters. The van der Waals surface area contributed by atoms with Crippen LogP contribution in [0, 0.1) is 6.92 Å². The summed E-state index contributed by atoms with van der Waals surface area (Å²) < 4.78 is 16.7. The summed E-state index contributed by atoms with van der Waals surface area (Å²) >= 11 is 12.0. The van der Waals surface area contributed by atoms with E-state index in [2.05, 4.69) is 4.98 Å². The van der Waals surface area contributed by atoms with Crippen LogP contribution in [0.5, 0.6) is 17.4 Å². The molecular formula is C31H25Cl2NO5. The molecule has 3 aromatic carbocycles. The maximum absolute atomic E-state index is 12.4. The average molecular weight is 562 g/mol. The lowest BCUT2D eigenvalue weighted by molar-refractivity contribution is 0.0485. The number of aryl methyl sites for hydroxylation is 1. The number of ether oxygens (including phenoxy) is 3. The maximum atomic E-state index is 12.4. The van der Waals surface area contributed by atoms with Crippen LogP contribution in [-0.4, -0.2) is 30.0 Å². The van der Waals surface area contributed by atoms with Gasteiger partial charge in [-0.15, -0.1) is 0 Å². The van der Waals surface area contributed by atoms with Crippen molar-refractivity contribution in [3.8, 4) is 17.4 Å². The Hall–Kier alpha value is -4.13. The van der Waals surface area contributed by atoms with Crippen molar-refractivity contribution in [2.24, 2.45) is 0 Å². The van der Waals surface area contributed by atoms with E-state index in [1.165, 1.54) is 23.9 Å². The van der Waals surface area contributed by atoms with E-state index >= 15 is 0 Å². The van der Waals surface area contributed by atoms with E-state index < -0.39 is 5.97 Å². The number of ketones is 1. The summed E-state index contributed by atoms with van der Waals surface area (Å²) in [6.07, 6.45) is 5.29. The van der Waals surface area contributed by atoms with Crippen LogP contribution in [0.3, 0.4) is 0 Å². The molecule has 4 rings (SSSR count). The molecule has 0 fully saturated rings. The summed E-state index contributed by atoms with van der Waals surface area (Å²) in [7, 11) is 0. The third kappa shape index (κ3) is 8.43. The predicted molar refractivity (Wildman–Crippen MR) is 152 cm³/mol. The standard InChI is InChI=1S/C31H25Cl2NO5/c1-21-3-5-22(6-4-21)7-13-28(35)23-8-11-26(12-9-23)37-17-2-18-38-31(36)24-15-16-34-30(19-24)39-29-14-10-25(32)20-27(29)33/h3-16,19-20H,2,17-18H2,1H3/b13-7+. The molecule has 0 aliphatic carbocycles. The molecule has 0 saturated carbocycles. The van der Waals surface area contributed by atoms with E-state index in [1.807, 2.05) is 31.2 Å². The SMILES string of the molecule is Cc1ccc(/C=C/C(=O)c2ccc(OCCCOC(=O)c3ccnc(Oc4ccc(Cl)cc4Cl)c3)cc2)cc1. The van der Waals surface area contributed by atoms with E-state index in [9.17, 15) is 9.59 Å². The molecule has 0 radical (unpaired) electrons. The first-order chi connectivity index (χ1) is 18.9. The van der Waals surface area contributed by atoms with Gasteiger partial charge in [0.05, 0.1) is 23.8 Å². The van der Waals surface area contributed by atoms with Crippen molar-refractivity contribution in [3.05, 3.63) is 123 Å². The first kappa shape index (κ1) is 27.9. The van der Waals surface area contributed by atoms with Gasteiger partial charge in [0.2, 0.25) is 5.88 Å². The lowest BCUT2D eigenvalue weighted by atomic mass is 10.1. The fourth-order valence-corrected chi connectivity index (χ4v) is 3.87. The van der Waals surface area contributed by atoms with Crippen molar-refractivity contribution in [2.45, 2.75) is 13.3 Å². The number of pyridine rings is 1. The van der Waals surface area contributed by atoms with Crippen molar-refractivity contribution in [1.82, 2.24) is 4.98 Å². The van der Waals surface area contributed by atoms with E-state index in [1.54, 1.807) is 54.6 Å². The van der Waals surface area contributed by atoms with Gasteiger partial charge in [0.25, 0.3) is 0 Å². The van der Waals surface area contributed by atoms with Crippen LogP contribution in [0.2, 0.25) is 10.0 Å². The number of nitrogens with zero attached hydrogens (tertiary/aromatic N) is 1. The first-order valence-electron chi connectivity index (χ1n) is 12.2. The van der Waals surface area contributed by atoms with Crippen LogP contribution in [0.4, 0.5) is 0 Å². The van der Waals surface area contributed by atoms with Crippen molar-refractivity contribution < 1.29 is 23.8 Å². The zero-order valence-corrected chi connectivity index (χ0v) is 22.6. The van der Waals surface area contributed by atoms with Crippen molar-refractivity contribution in [2.75, 3.05) is 13.2 Å². The van der Waals surface area contributed by atoms with Gasteiger partial charge >= 0.3 is 5.97 Å². The molecule has 0 atom stereocenters. The van der Waals surface area contributed by atoms with Crippen molar-refractivity contribution in [1.29, 1.82) is 0 Å². The fourth-order valence-electron chi connectivity index (χ4n) is 3.42. The Labute approximate surface area is 236 Å². The number of rotatable bonds is 11. The van der Waals surface area contributed by atoms with E-state index in [4.69, 9.17) is 37.4 Å². The minimum atomic E-state index is -0.508. The van der Waals surface area contributed by atoms with Gasteiger partial charge < -0.3 is 14.2 Å². The summed E-state index contributed by atoms with van der Waals surface area (Å²) in [5.74, 6) is 0.593. The molecule has 6 nitrogen and oxygen atoms in total. The lowest BCUT2D eigenvalue weighted by Gasteiger charge is -2.09. The summed E-state index contributed by atoms with van der Waals surface area (Å²) in [6, 6.07) is 22.7. The smallest absolute Gasteiger partial charge is 0.338 e. The van der Waals surface area contributed by atoms with Gasteiger partial charge in [-0.3, -0.25) is 4.79 Å². The maximum Gasteiger partial charge on any atom is 0.338 e. The van der Waals surface area contributed by atoms with Crippen LogP contribution in [0.1, 0.15) is 38.3 Å². The molecular weight excluding hydrogens is 537 g/mol. The number of aromatic nitrogens is 1. The highest BCUT2D eigenvalue weighted by Crippen LogP contribution is 2.31. The van der Waals surface area contributed by atoms with E-state index in [-0.39, 0.29) is 18.3 Å². The van der Waals surface area contributed by atoms with Crippen LogP contribution < -0.4 is 9.47 Å². The highest BCUT2D eigenvalue weighted by molar-refractivity contribution is 6.35. The van der Waals surface area contributed by atoms with Gasteiger partial charge in [-0.25, -0.2) is 9.78 Å². The van der Waals surface area contributed by atoms with Crippen LogP contribution in [0.25, 0.3) is 6.08 Å². The molecule has 0 saturated heterocycles. The Kier molecular flexibility index (Phi) is 9.73. The molecule has 0 N–H and O–H groups in total.